The molecule has 1 aliphatic heterocycles. The van der Waals surface area contributed by atoms with E-state index < -0.39 is 0 Å². The highest BCUT2D eigenvalue weighted by Gasteiger charge is 2.16. The molecule has 0 spiro atoms. The predicted molar refractivity (Wildman–Crippen MR) is 80.5 cm³/mol. The SMILES string of the molecule is CN1CCCC(CNc2cccc3cccnc23)C1. The molecule has 1 aromatic heterocycles. The van der Waals surface area contributed by atoms with E-state index in [2.05, 4.69) is 46.5 Å². The van der Waals surface area contributed by atoms with Gasteiger partial charge in [-0.25, -0.2) is 0 Å². The molecule has 1 fully saturated rings. The second-order valence-electron chi connectivity index (χ2n) is 5.53. The summed E-state index contributed by atoms with van der Waals surface area (Å²) in [5, 5.41) is 4.79. The lowest BCUT2D eigenvalue weighted by Crippen LogP contribution is -2.35. The Morgan fingerprint density at radius 3 is 3.11 bits per heavy atom. The second kappa shape index (κ2) is 5.57. The van der Waals surface area contributed by atoms with Gasteiger partial charge in [-0.1, -0.05) is 18.2 Å². The Balaban J connectivity index is 1.71. The number of pyridine rings is 1. The molecule has 1 saturated heterocycles. The molecule has 0 aliphatic carbocycles. The summed E-state index contributed by atoms with van der Waals surface area (Å²) in [5.74, 6) is 0.748. The van der Waals surface area contributed by atoms with Crippen molar-refractivity contribution in [1.82, 2.24) is 9.88 Å². The number of likely N-dealkylation sites (tertiary alicyclic amines) is 1. The monoisotopic (exact) mass is 255 g/mol. The predicted octanol–water partition coefficient (Wildman–Crippen LogP) is 2.99. The van der Waals surface area contributed by atoms with Crippen LogP contribution in [0.5, 0.6) is 0 Å². The first-order valence-electron chi connectivity index (χ1n) is 7.09. The maximum absolute atomic E-state index is 4.49. The number of anilines is 1. The Morgan fingerprint density at radius 1 is 1.32 bits per heavy atom. The molecule has 1 aromatic carbocycles. The van der Waals surface area contributed by atoms with Crippen LogP contribution >= 0.6 is 0 Å². The van der Waals surface area contributed by atoms with Gasteiger partial charge >= 0.3 is 0 Å². The van der Waals surface area contributed by atoms with Crippen molar-refractivity contribution in [3.05, 3.63) is 36.5 Å². The van der Waals surface area contributed by atoms with Gasteiger partial charge in [0.15, 0.2) is 0 Å². The van der Waals surface area contributed by atoms with E-state index in [1.165, 1.54) is 31.3 Å². The lowest BCUT2D eigenvalue weighted by atomic mass is 9.98. The van der Waals surface area contributed by atoms with Crippen molar-refractivity contribution in [3.8, 4) is 0 Å². The van der Waals surface area contributed by atoms with Gasteiger partial charge in [-0.2, -0.15) is 0 Å². The van der Waals surface area contributed by atoms with Crippen LogP contribution in [0.25, 0.3) is 10.9 Å². The third kappa shape index (κ3) is 2.87. The summed E-state index contributed by atoms with van der Waals surface area (Å²) in [4.78, 5) is 6.91. The molecule has 1 N–H and O–H groups in total. The molecule has 2 heterocycles. The normalized spacial score (nSPS) is 20.6. The van der Waals surface area contributed by atoms with Gasteiger partial charge in [0.2, 0.25) is 0 Å². The molecule has 3 nitrogen and oxygen atoms in total. The number of rotatable bonds is 3. The van der Waals surface area contributed by atoms with E-state index in [4.69, 9.17) is 0 Å². The third-order valence-electron chi connectivity index (χ3n) is 3.94. The molecule has 3 heteroatoms. The maximum atomic E-state index is 4.49. The van der Waals surface area contributed by atoms with Crippen LogP contribution in [0.15, 0.2) is 36.5 Å². The highest BCUT2D eigenvalue weighted by molar-refractivity contribution is 5.90. The number of nitrogens with zero attached hydrogens (tertiary/aromatic N) is 2. The van der Waals surface area contributed by atoms with Gasteiger partial charge in [0.1, 0.15) is 0 Å². The molecule has 2 aromatic rings. The van der Waals surface area contributed by atoms with Crippen LogP contribution in [0, 0.1) is 5.92 Å². The van der Waals surface area contributed by atoms with Gasteiger partial charge in [-0.05, 0) is 44.5 Å². The van der Waals surface area contributed by atoms with Crippen LogP contribution in [0.3, 0.4) is 0 Å². The topological polar surface area (TPSA) is 28.2 Å². The van der Waals surface area contributed by atoms with Crippen molar-refractivity contribution in [2.75, 3.05) is 32.0 Å². The standard InChI is InChI=1S/C16H21N3/c1-19-10-4-5-13(12-19)11-18-15-8-2-6-14-7-3-9-17-16(14)15/h2-3,6-9,13,18H,4-5,10-12H2,1H3. The molecule has 0 bridgehead atoms. The van der Waals surface area contributed by atoms with Crippen molar-refractivity contribution < 1.29 is 0 Å². The first-order valence-corrected chi connectivity index (χ1v) is 7.09. The number of piperidine rings is 1. The van der Waals surface area contributed by atoms with Crippen molar-refractivity contribution in [3.63, 3.8) is 0 Å². The molecule has 0 amide bonds. The molecule has 0 radical (unpaired) electrons. The van der Waals surface area contributed by atoms with Crippen LogP contribution in [-0.2, 0) is 0 Å². The zero-order valence-corrected chi connectivity index (χ0v) is 11.5. The Morgan fingerprint density at radius 2 is 2.21 bits per heavy atom. The Bertz CT molecular complexity index is 547. The molecule has 3 rings (SSSR count). The van der Waals surface area contributed by atoms with E-state index in [1.54, 1.807) is 0 Å². The quantitative estimate of drug-likeness (QED) is 0.914. The average molecular weight is 255 g/mol. The minimum atomic E-state index is 0.748. The van der Waals surface area contributed by atoms with Gasteiger partial charge in [0, 0.05) is 24.7 Å². The van der Waals surface area contributed by atoms with E-state index >= 15 is 0 Å². The van der Waals surface area contributed by atoms with Crippen molar-refractivity contribution >= 4 is 16.6 Å². The smallest absolute Gasteiger partial charge is 0.0933 e. The van der Waals surface area contributed by atoms with Crippen LogP contribution in [0.2, 0.25) is 0 Å². The lowest BCUT2D eigenvalue weighted by molar-refractivity contribution is 0.217. The van der Waals surface area contributed by atoms with E-state index in [0.29, 0.717) is 0 Å². The molecular formula is C16H21N3. The summed E-state index contributed by atoms with van der Waals surface area (Å²) >= 11 is 0. The van der Waals surface area contributed by atoms with Gasteiger partial charge in [-0.15, -0.1) is 0 Å². The average Bonchev–Trinajstić information content (AvgIpc) is 2.45. The Labute approximate surface area is 114 Å². The number of hydrogen-bond donors (Lipinski definition) is 1. The summed E-state index contributed by atoms with van der Waals surface area (Å²) in [7, 11) is 2.21. The Kier molecular flexibility index (Phi) is 3.65. The molecular weight excluding hydrogens is 234 g/mol. The number of aromatic nitrogens is 1. The summed E-state index contributed by atoms with van der Waals surface area (Å²) in [5.41, 5.74) is 2.24. The number of para-hydroxylation sites is 1. The summed E-state index contributed by atoms with van der Waals surface area (Å²) < 4.78 is 0. The maximum Gasteiger partial charge on any atom is 0.0933 e. The zero-order valence-electron chi connectivity index (χ0n) is 11.5. The van der Waals surface area contributed by atoms with E-state index in [9.17, 15) is 0 Å². The number of hydrogen-bond acceptors (Lipinski definition) is 3. The Hall–Kier alpha value is -1.61. The van der Waals surface area contributed by atoms with Gasteiger partial charge in [-0.3, -0.25) is 4.98 Å². The minimum absolute atomic E-state index is 0.748. The summed E-state index contributed by atoms with van der Waals surface area (Å²) in [6.45, 7) is 3.48. The lowest BCUT2D eigenvalue weighted by Gasteiger charge is -2.30. The molecule has 0 saturated carbocycles. The fourth-order valence-electron chi connectivity index (χ4n) is 2.94. The van der Waals surface area contributed by atoms with Crippen molar-refractivity contribution in [2.24, 2.45) is 5.92 Å². The van der Waals surface area contributed by atoms with Crippen LogP contribution in [0.1, 0.15) is 12.8 Å². The minimum Gasteiger partial charge on any atom is -0.383 e. The highest BCUT2D eigenvalue weighted by atomic mass is 15.1. The first-order chi connectivity index (χ1) is 9.33. The molecule has 1 atom stereocenters. The number of nitrogens with one attached hydrogen (secondary N) is 1. The van der Waals surface area contributed by atoms with E-state index in [1.807, 2.05) is 12.3 Å². The first kappa shape index (κ1) is 12.4. The fraction of sp³-hybridized carbons (Fsp3) is 0.438. The second-order valence-corrected chi connectivity index (χ2v) is 5.53. The van der Waals surface area contributed by atoms with Gasteiger partial charge in [0.05, 0.1) is 11.2 Å². The number of fused-ring (bicyclic) bond motifs is 1. The number of benzene rings is 1. The van der Waals surface area contributed by atoms with E-state index in [0.717, 1.165) is 23.7 Å². The molecule has 19 heavy (non-hydrogen) atoms. The van der Waals surface area contributed by atoms with E-state index in [-0.39, 0.29) is 0 Å². The molecule has 1 unspecified atom stereocenters. The largest absolute Gasteiger partial charge is 0.383 e. The summed E-state index contributed by atoms with van der Waals surface area (Å²) in [6.07, 6.45) is 4.51. The van der Waals surface area contributed by atoms with Crippen LogP contribution in [-0.4, -0.2) is 36.6 Å². The fourth-order valence-corrected chi connectivity index (χ4v) is 2.94. The summed E-state index contributed by atoms with van der Waals surface area (Å²) in [6, 6.07) is 10.4. The molecule has 1 aliphatic rings. The highest BCUT2D eigenvalue weighted by Crippen LogP contribution is 2.22. The van der Waals surface area contributed by atoms with Gasteiger partial charge in [0.25, 0.3) is 0 Å². The van der Waals surface area contributed by atoms with Crippen LogP contribution in [0.4, 0.5) is 5.69 Å². The van der Waals surface area contributed by atoms with Crippen molar-refractivity contribution in [2.45, 2.75) is 12.8 Å². The zero-order chi connectivity index (χ0) is 13.1. The van der Waals surface area contributed by atoms with Crippen molar-refractivity contribution in [1.29, 1.82) is 0 Å². The van der Waals surface area contributed by atoms with Gasteiger partial charge < -0.3 is 10.2 Å². The molecule has 100 valence electrons. The van der Waals surface area contributed by atoms with Crippen LogP contribution < -0.4 is 5.32 Å². The third-order valence-corrected chi connectivity index (χ3v) is 3.94.